The smallest absolute Gasteiger partial charge is 0.241 e. The molecular weight excluding hydrogens is 358 g/mol. The third-order valence-electron chi connectivity index (χ3n) is 4.29. The number of ether oxygens (including phenoxy) is 1. The maximum absolute atomic E-state index is 12.4. The van der Waals surface area contributed by atoms with Crippen LogP contribution in [0.5, 0.6) is 5.75 Å². The highest BCUT2D eigenvalue weighted by molar-refractivity contribution is 7.89. The summed E-state index contributed by atoms with van der Waals surface area (Å²) < 4.78 is 32.4. The predicted octanol–water partition coefficient (Wildman–Crippen LogP) is 0.348. The maximum Gasteiger partial charge on any atom is 0.241 e. The Hall–Kier alpha value is -2.13. The molecule has 2 N–H and O–H groups in total. The van der Waals surface area contributed by atoms with E-state index in [1.165, 1.54) is 26.2 Å². The van der Waals surface area contributed by atoms with Crippen molar-refractivity contribution in [3.63, 3.8) is 0 Å². The van der Waals surface area contributed by atoms with E-state index in [-0.39, 0.29) is 35.7 Å². The van der Waals surface area contributed by atoms with Gasteiger partial charge in [0.05, 0.1) is 18.6 Å². The summed E-state index contributed by atoms with van der Waals surface area (Å²) in [6, 6.07) is 6.17. The zero-order valence-electron chi connectivity index (χ0n) is 15.0. The van der Waals surface area contributed by atoms with Crippen molar-refractivity contribution in [2.24, 2.45) is 5.92 Å². The molecule has 1 fully saturated rings. The van der Waals surface area contributed by atoms with Crippen molar-refractivity contribution in [3.05, 3.63) is 24.3 Å². The average molecular weight is 383 g/mol. The number of carbonyl (C=O) groups is 2. The Balaban J connectivity index is 1.89. The summed E-state index contributed by atoms with van der Waals surface area (Å²) in [5, 5.41) is 2.49. The van der Waals surface area contributed by atoms with E-state index in [1.54, 1.807) is 17.0 Å². The van der Waals surface area contributed by atoms with Gasteiger partial charge in [0, 0.05) is 26.6 Å². The van der Waals surface area contributed by atoms with Crippen LogP contribution in [0, 0.1) is 5.92 Å². The van der Waals surface area contributed by atoms with E-state index in [2.05, 4.69) is 10.0 Å². The molecule has 8 nitrogen and oxygen atoms in total. The highest BCUT2D eigenvalue weighted by Gasteiger charge is 2.25. The molecule has 0 bridgehead atoms. The Kier molecular flexibility index (Phi) is 6.98. The van der Waals surface area contributed by atoms with Crippen LogP contribution >= 0.6 is 0 Å². The summed E-state index contributed by atoms with van der Waals surface area (Å²) in [5.74, 6) is 0.227. The molecule has 9 heteroatoms. The molecular formula is C17H25N3O5S. The number of sulfonamides is 1. The van der Waals surface area contributed by atoms with E-state index >= 15 is 0 Å². The topological polar surface area (TPSA) is 105 Å². The molecule has 0 unspecified atom stereocenters. The molecule has 0 spiro atoms. The highest BCUT2D eigenvalue weighted by atomic mass is 32.2. The fourth-order valence-electron chi connectivity index (χ4n) is 2.84. The van der Waals surface area contributed by atoms with Crippen LogP contribution < -0.4 is 14.8 Å². The molecule has 1 atom stereocenters. The fraction of sp³-hybridized carbons (Fsp3) is 0.529. The maximum atomic E-state index is 12.4. The largest absolute Gasteiger partial charge is 0.497 e. The van der Waals surface area contributed by atoms with Crippen molar-refractivity contribution < 1.29 is 22.7 Å². The van der Waals surface area contributed by atoms with Crippen molar-refractivity contribution >= 4 is 21.8 Å². The van der Waals surface area contributed by atoms with E-state index in [9.17, 15) is 18.0 Å². The second kappa shape index (κ2) is 9.00. The molecule has 0 aromatic heterocycles. The molecule has 0 radical (unpaired) electrons. The molecule has 0 saturated carbocycles. The number of methoxy groups -OCH3 is 1. The van der Waals surface area contributed by atoms with Gasteiger partial charge in [-0.3, -0.25) is 9.59 Å². The number of hydrogen-bond donors (Lipinski definition) is 2. The molecule has 1 aliphatic heterocycles. The molecule has 0 aliphatic carbocycles. The third-order valence-corrected chi connectivity index (χ3v) is 5.73. The van der Waals surface area contributed by atoms with E-state index in [0.717, 1.165) is 12.8 Å². The lowest BCUT2D eigenvalue weighted by Gasteiger charge is -2.33. The van der Waals surface area contributed by atoms with E-state index in [4.69, 9.17) is 4.74 Å². The monoisotopic (exact) mass is 383 g/mol. The van der Waals surface area contributed by atoms with Crippen LogP contribution in [0.25, 0.3) is 0 Å². The number of benzene rings is 1. The van der Waals surface area contributed by atoms with E-state index in [0.29, 0.717) is 18.8 Å². The second-order valence-electron chi connectivity index (χ2n) is 6.29. The molecule has 2 rings (SSSR count). The van der Waals surface area contributed by atoms with Gasteiger partial charge in [0.25, 0.3) is 0 Å². The molecule has 1 saturated heterocycles. The van der Waals surface area contributed by atoms with Gasteiger partial charge in [-0.2, -0.15) is 0 Å². The normalized spacial score (nSPS) is 17.6. The number of hydrogen-bond acceptors (Lipinski definition) is 5. The van der Waals surface area contributed by atoms with Crippen molar-refractivity contribution in [2.45, 2.75) is 24.7 Å². The summed E-state index contributed by atoms with van der Waals surface area (Å²) in [5.41, 5.74) is 0. The van der Waals surface area contributed by atoms with Crippen molar-refractivity contribution in [1.29, 1.82) is 0 Å². The number of amides is 2. The minimum absolute atomic E-state index is 0.0281. The van der Waals surface area contributed by atoms with Crippen molar-refractivity contribution in [2.75, 3.05) is 33.3 Å². The minimum Gasteiger partial charge on any atom is -0.497 e. The first-order chi connectivity index (χ1) is 12.3. The summed E-state index contributed by atoms with van der Waals surface area (Å²) in [6.45, 7) is 2.70. The van der Waals surface area contributed by atoms with Crippen LogP contribution in [0.3, 0.4) is 0 Å². The lowest BCUT2D eigenvalue weighted by molar-refractivity contribution is -0.134. The van der Waals surface area contributed by atoms with Gasteiger partial charge < -0.3 is 15.0 Å². The molecule has 1 aliphatic rings. The third kappa shape index (κ3) is 5.70. The summed E-state index contributed by atoms with van der Waals surface area (Å²) >= 11 is 0. The summed E-state index contributed by atoms with van der Waals surface area (Å²) in [6.07, 6.45) is 1.65. The summed E-state index contributed by atoms with van der Waals surface area (Å²) in [4.78, 5) is 24.9. The number of nitrogens with one attached hydrogen (secondary N) is 2. The van der Waals surface area contributed by atoms with Gasteiger partial charge in [-0.1, -0.05) is 0 Å². The van der Waals surface area contributed by atoms with Crippen LogP contribution in [0.15, 0.2) is 29.2 Å². The quantitative estimate of drug-likeness (QED) is 0.707. The first-order valence-corrected chi connectivity index (χ1v) is 9.96. The number of likely N-dealkylation sites (tertiary alicyclic amines) is 1. The van der Waals surface area contributed by atoms with Crippen LogP contribution in [0.4, 0.5) is 0 Å². The van der Waals surface area contributed by atoms with Crippen molar-refractivity contribution in [3.8, 4) is 5.75 Å². The Morgan fingerprint density at radius 2 is 1.96 bits per heavy atom. The molecule has 1 heterocycles. The Labute approximate surface area is 153 Å². The lowest BCUT2D eigenvalue weighted by atomic mass is 9.98. The molecule has 144 valence electrons. The van der Waals surface area contributed by atoms with Crippen LogP contribution in [0.2, 0.25) is 0 Å². The molecule has 1 aromatic rings. The zero-order valence-corrected chi connectivity index (χ0v) is 15.8. The summed E-state index contributed by atoms with van der Waals surface area (Å²) in [7, 11) is -2.09. The van der Waals surface area contributed by atoms with Gasteiger partial charge >= 0.3 is 0 Å². The Morgan fingerprint density at radius 1 is 1.27 bits per heavy atom. The van der Waals surface area contributed by atoms with Gasteiger partial charge in [0.2, 0.25) is 21.8 Å². The Morgan fingerprint density at radius 3 is 2.58 bits per heavy atom. The van der Waals surface area contributed by atoms with Gasteiger partial charge in [0.15, 0.2) is 0 Å². The molecule has 1 aromatic carbocycles. The number of nitrogens with zero attached hydrogens (tertiary/aromatic N) is 1. The van der Waals surface area contributed by atoms with Crippen LogP contribution in [0.1, 0.15) is 19.8 Å². The average Bonchev–Trinajstić information content (AvgIpc) is 2.64. The van der Waals surface area contributed by atoms with Gasteiger partial charge in [0.1, 0.15) is 5.75 Å². The minimum atomic E-state index is -3.61. The Bertz CT molecular complexity index is 733. The van der Waals surface area contributed by atoms with E-state index < -0.39 is 10.0 Å². The second-order valence-corrected chi connectivity index (χ2v) is 8.05. The van der Waals surface area contributed by atoms with Gasteiger partial charge in [-0.25, -0.2) is 13.1 Å². The van der Waals surface area contributed by atoms with Gasteiger partial charge in [-0.05, 0) is 43.0 Å². The zero-order chi connectivity index (χ0) is 19.2. The standard InChI is InChI=1S/C17H25N3O5S/c1-13(21)18-11-17(22)20-9-3-4-14(12-20)10-19-26(23,24)16-7-5-15(25-2)6-8-16/h5-8,14,19H,3-4,9-12H2,1-2H3,(H,18,21)/t14-/m0/s1. The first-order valence-electron chi connectivity index (χ1n) is 8.48. The van der Waals surface area contributed by atoms with E-state index in [1.807, 2.05) is 0 Å². The van der Waals surface area contributed by atoms with Crippen molar-refractivity contribution in [1.82, 2.24) is 14.9 Å². The highest BCUT2D eigenvalue weighted by Crippen LogP contribution is 2.18. The lowest BCUT2D eigenvalue weighted by Crippen LogP contribution is -2.47. The van der Waals surface area contributed by atoms with Gasteiger partial charge in [-0.15, -0.1) is 0 Å². The predicted molar refractivity (Wildman–Crippen MR) is 96.2 cm³/mol. The fourth-order valence-corrected chi connectivity index (χ4v) is 3.95. The first kappa shape index (κ1) is 20.2. The number of piperidine rings is 1. The van der Waals surface area contributed by atoms with Crippen LogP contribution in [-0.2, 0) is 19.6 Å². The number of carbonyl (C=O) groups excluding carboxylic acids is 2. The number of rotatable bonds is 7. The molecule has 26 heavy (non-hydrogen) atoms. The SMILES string of the molecule is COc1ccc(S(=O)(=O)NC[C@@H]2CCCN(C(=O)CNC(C)=O)C2)cc1. The molecule has 2 amide bonds. The van der Waals surface area contributed by atoms with Crippen LogP contribution in [-0.4, -0.2) is 58.4 Å².